The molecular weight excluding hydrogens is 200 g/mol. The highest BCUT2D eigenvalue weighted by atomic mass is 32.1. The highest BCUT2D eigenvalue weighted by Crippen LogP contribution is 2.32. The molecular formula is C14H18S. The van der Waals surface area contributed by atoms with E-state index in [0.717, 1.165) is 16.0 Å². The van der Waals surface area contributed by atoms with Gasteiger partial charge < -0.3 is 0 Å². The van der Waals surface area contributed by atoms with Crippen LogP contribution in [0.2, 0.25) is 0 Å². The molecule has 80 valence electrons. The second kappa shape index (κ2) is 4.28. The second-order valence-electron chi connectivity index (χ2n) is 4.86. The first-order chi connectivity index (χ1) is 6.82. The van der Waals surface area contributed by atoms with E-state index in [4.69, 9.17) is 12.2 Å². The SMILES string of the molecule is C=C(c1ccc(C(C)=S)cc1)C(C)(C)C. The van der Waals surface area contributed by atoms with Crippen LogP contribution in [0, 0.1) is 5.41 Å². The minimum Gasteiger partial charge on any atom is -0.0947 e. The molecule has 0 aliphatic rings. The van der Waals surface area contributed by atoms with Crippen LogP contribution < -0.4 is 0 Å². The summed E-state index contributed by atoms with van der Waals surface area (Å²) in [6.07, 6.45) is 0. The molecule has 0 heterocycles. The monoisotopic (exact) mass is 218 g/mol. The average molecular weight is 218 g/mol. The Balaban J connectivity index is 3.00. The van der Waals surface area contributed by atoms with Crippen molar-refractivity contribution in [1.82, 2.24) is 0 Å². The van der Waals surface area contributed by atoms with Crippen molar-refractivity contribution < 1.29 is 0 Å². The molecule has 0 saturated carbocycles. The zero-order valence-corrected chi connectivity index (χ0v) is 10.7. The Labute approximate surface area is 98.0 Å². The Hall–Kier alpha value is -0.950. The van der Waals surface area contributed by atoms with Crippen LogP contribution in [0.3, 0.4) is 0 Å². The maximum atomic E-state index is 5.12. The van der Waals surface area contributed by atoms with Crippen LogP contribution in [0.4, 0.5) is 0 Å². The van der Waals surface area contributed by atoms with Crippen LogP contribution in [0.5, 0.6) is 0 Å². The van der Waals surface area contributed by atoms with Crippen LogP contribution in [0.25, 0.3) is 5.57 Å². The molecule has 1 heteroatoms. The number of hydrogen-bond acceptors (Lipinski definition) is 1. The molecule has 15 heavy (non-hydrogen) atoms. The zero-order chi connectivity index (χ0) is 11.6. The Morgan fingerprint density at radius 1 is 1.07 bits per heavy atom. The molecule has 0 atom stereocenters. The molecule has 1 rings (SSSR count). The van der Waals surface area contributed by atoms with E-state index in [1.165, 1.54) is 5.56 Å². The molecule has 0 fully saturated rings. The summed E-state index contributed by atoms with van der Waals surface area (Å²) in [5.74, 6) is 0. The van der Waals surface area contributed by atoms with Gasteiger partial charge in [-0.3, -0.25) is 0 Å². The molecule has 0 N–H and O–H groups in total. The van der Waals surface area contributed by atoms with E-state index < -0.39 is 0 Å². The van der Waals surface area contributed by atoms with Gasteiger partial charge in [0.25, 0.3) is 0 Å². The minimum absolute atomic E-state index is 0.119. The lowest BCUT2D eigenvalue weighted by atomic mass is 9.83. The van der Waals surface area contributed by atoms with Crippen LogP contribution in [0.15, 0.2) is 30.8 Å². The van der Waals surface area contributed by atoms with Crippen LogP contribution in [-0.4, -0.2) is 4.86 Å². The number of rotatable bonds is 2. The van der Waals surface area contributed by atoms with Gasteiger partial charge >= 0.3 is 0 Å². The number of benzene rings is 1. The summed E-state index contributed by atoms with van der Waals surface area (Å²) in [6.45, 7) is 12.6. The summed E-state index contributed by atoms with van der Waals surface area (Å²) >= 11 is 5.12. The van der Waals surface area contributed by atoms with Crippen molar-refractivity contribution in [3.05, 3.63) is 42.0 Å². The van der Waals surface area contributed by atoms with Crippen molar-refractivity contribution in [2.24, 2.45) is 5.41 Å². The second-order valence-corrected chi connectivity index (χ2v) is 5.47. The predicted octanol–water partition coefficient (Wildman–Crippen LogP) is 4.48. The van der Waals surface area contributed by atoms with E-state index in [0.29, 0.717) is 0 Å². The Morgan fingerprint density at radius 2 is 1.47 bits per heavy atom. The largest absolute Gasteiger partial charge is 0.0947 e. The van der Waals surface area contributed by atoms with Gasteiger partial charge in [-0.15, -0.1) is 0 Å². The molecule has 0 aliphatic carbocycles. The quantitative estimate of drug-likeness (QED) is 0.521. The molecule has 0 spiro atoms. The van der Waals surface area contributed by atoms with Crippen LogP contribution in [0.1, 0.15) is 38.8 Å². The van der Waals surface area contributed by atoms with Gasteiger partial charge in [0.1, 0.15) is 0 Å². The maximum Gasteiger partial charge on any atom is 0.0193 e. The fourth-order valence-corrected chi connectivity index (χ4v) is 1.48. The minimum atomic E-state index is 0.119. The van der Waals surface area contributed by atoms with E-state index in [-0.39, 0.29) is 5.41 Å². The van der Waals surface area contributed by atoms with Gasteiger partial charge in [0.2, 0.25) is 0 Å². The first kappa shape index (κ1) is 12.1. The molecule has 0 radical (unpaired) electrons. The lowest BCUT2D eigenvalue weighted by Gasteiger charge is -2.22. The highest BCUT2D eigenvalue weighted by Gasteiger charge is 2.16. The van der Waals surface area contributed by atoms with E-state index in [2.05, 4.69) is 51.6 Å². The third kappa shape index (κ3) is 3.00. The fourth-order valence-electron chi connectivity index (χ4n) is 1.34. The van der Waals surface area contributed by atoms with Gasteiger partial charge in [-0.05, 0) is 29.0 Å². The van der Waals surface area contributed by atoms with Crippen molar-refractivity contribution in [2.45, 2.75) is 27.7 Å². The predicted molar refractivity (Wildman–Crippen MR) is 72.3 cm³/mol. The number of hydrogen-bond donors (Lipinski definition) is 0. The molecule has 1 aromatic carbocycles. The molecule has 0 aromatic heterocycles. The summed E-state index contributed by atoms with van der Waals surface area (Å²) in [4.78, 5) is 0.933. The standard InChI is InChI=1S/C14H18S/c1-10(14(3,4)5)12-6-8-13(9-7-12)11(2)15/h6-9H,1H2,2-5H3. The van der Waals surface area contributed by atoms with Crippen molar-refractivity contribution in [3.63, 3.8) is 0 Å². The lowest BCUT2D eigenvalue weighted by molar-refractivity contribution is 0.568. The fraction of sp³-hybridized carbons (Fsp3) is 0.357. The van der Waals surface area contributed by atoms with Crippen LogP contribution in [-0.2, 0) is 0 Å². The Kier molecular flexibility index (Phi) is 3.46. The molecule has 0 aliphatic heterocycles. The van der Waals surface area contributed by atoms with Crippen molar-refractivity contribution in [2.75, 3.05) is 0 Å². The summed E-state index contributed by atoms with van der Waals surface area (Å²) in [5.41, 5.74) is 3.60. The molecule has 0 amide bonds. The van der Waals surface area contributed by atoms with Crippen LogP contribution >= 0.6 is 12.2 Å². The van der Waals surface area contributed by atoms with E-state index in [1.807, 2.05) is 6.92 Å². The van der Waals surface area contributed by atoms with Gasteiger partial charge in [-0.1, -0.05) is 63.8 Å². The van der Waals surface area contributed by atoms with Gasteiger partial charge in [-0.2, -0.15) is 0 Å². The third-order valence-electron chi connectivity index (χ3n) is 2.55. The first-order valence-electron chi connectivity index (χ1n) is 5.13. The zero-order valence-electron chi connectivity index (χ0n) is 9.92. The highest BCUT2D eigenvalue weighted by molar-refractivity contribution is 7.80. The Morgan fingerprint density at radius 3 is 1.80 bits per heavy atom. The average Bonchev–Trinajstić information content (AvgIpc) is 2.15. The molecule has 1 aromatic rings. The van der Waals surface area contributed by atoms with Gasteiger partial charge in [0.15, 0.2) is 0 Å². The van der Waals surface area contributed by atoms with Crippen molar-refractivity contribution >= 4 is 22.7 Å². The van der Waals surface area contributed by atoms with E-state index >= 15 is 0 Å². The molecule has 0 nitrogen and oxygen atoms in total. The summed E-state index contributed by atoms with van der Waals surface area (Å²) in [7, 11) is 0. The third-order valence-corrected chi connectivity index (χ3v) is 2.78. The van der Waals surface area contributed by atoms with E-state index in [9.17, 15) is 0 Å². The summed E-state index contributed by atoms with van der Waals surface area (Å²) < 4.78 is 0. The smallest absolute Gasteiger partial charge is 0.0193 e. The van der Waals surface area contributed by atoms with Gasteiger partial charge in [-0.25, -0.2) is 0 Å². The number of allylic oxidation sites excluding steroid dienone is 1. The summed E-state index contributed by atoms with van der Waals surface area (Å²) in [6, 6.07) is 8.32. The van der Waals surface area contributed by atoms with Crippen molar-refractivity contribution in [1.29, 1.82) is 0 Å². The van der Waals surface area contributed by atoms with Gasteiger partial charge in [0.05, 0.1) is 0 Å². The van der Waals surface area contributed by atoms with Crippen molar-refractivity contribution in [3.8, 4) is 0 Å². The molecule has 0 saturated heterocycles. The summed E-state index contributed by atoms with van der Waals surface area (Å²) in [5, 5.41) is 0. The lowest BCUT2D eigenvalue weighted by Crippen LogP contribution is -2.07. The maximum absolute atomic E-state index is 5.12. The topological polar surface area (TPSA) is 0 Å². The van der Waals surface area contributed by atoms with E-state index in [1.54, 1.807) is 0 Å². The Bertz CT molecular complexity index is 377. The molecule has 0 unspecified atom stereocenters. The normalized spacial score (nSPS) is 11.2. The van der Waals surface area contributed by atoms with Gasteiger partial charge in [0, 0.05) is 4.86 Å². The number of thiocarbonyl (C=S) groups is 1. The molecule has 0 bridgehead atoms. The first-order valence-corrected chi connectivity index (χ1v) is 5.54.